The Labute approximate surface area is 139 Å². The van der Waals surface area contributed by atoms with Crippen molar-refractivity contribution in [3.8, 4) is 10.6 Å². The first kappa shape index (κ1) is 15.9. The molecule has 2 aromatic rings. The molecule has 1 N–H and O–H groups in total. The lowest BCUT2D eigenvalue weighted by molar-refractivity contribution is -0.122. The highest BCUT2D eigenvalue weighted by atomic mass is 32.1. The summed E-state index contributed by atoms with van der Waals surface area (Å²) in [5.41, 5.74) is 0.475. The summed E-state index contributed by atoms with van der Waals surface area (Å²) in [4.78, 5) is 25.2. The summed E-state index contributed by atoms with van der Waals surface area (Å²) >= 11 is 1.56. The van der Waals surface area contributed by atoms with Gasteiger partial charge in [-0.2, -0.15) is 5.10 Å². The first-order valence-corrected chi connectivity index (χ1v) is 9.02. The summed E-state index contributed by atoms with van der Waals surface area (Å²) in [5, 5.41) is 9.34. The number of aromatic nitrogens is 2. The van der Waals surface area contributed by atoms with E-state index < -0.39 is 0 Å². The summed E-state index contributed by atoms with van der Waals surface area (Å²) in [6, 6.07) is 7.30. The third-order valence-electron chi connectivity index (χ3n) is 4.15. The van der Waals surface area contributed by atoms with Crippen LogP contribution in [-0.2, 0) is 11.3 Å². The first-order valence-electron chi connectivity index (χ1n) is 8.14. The zero-order valence-electron chi connectivity index (χ0n) is 13.0. The fourth-order valence-corrected chi connectivity index (χ4v) is 3.64. The van der Waals surface area contributed by atoms with E-state index in [-0.39, 0.29) is 24.1 Å². The van der Waals surface area contributed by atoms with Crippen molar-refractivity contribution >= 4 is 17.2 Å². The fraction of sp³-hybridized carbons (Fsp3) is 0.471. The third kappa shape index (κ3) is 4.28. The van der Waals surface area contributed by atoms with Gasteiger partial charge in [0.25, 0.3) is 5.56 Å². The highest BCUT2D eigenvalue weighted by Crippen LogP contribution is 2.21. The summed E-state index contributed by atoms with van der Waals surface area (Å²) < 4.78 is 1.25. The molecule has 122 valence electrons. The van der Waals surface area contributed by atoms with E-state index in [0.717, 1.165) is 36.3 Å². The molecular formula is C17H21N3O2S. The lowest BCUT2D eigenvalue weighted by atomic mass is 10.1. The molecule has 1 amide bonds. The highest BCUT2D eigenvalue weighted by Gasteiger charge is 2.15. The van der Waals surface area contributed by atoms with Crippen LogP contribution in [-0.4, -0.2) is 21.7 Å². The smallest absolute Gasteiger partial charge is 0.267 e. The minimum Gasteiger partial charge on any atom is -0.352 e. The molecule has 2 aromatic heterocycles. The molecule has 0 spiro atoms. The summed E-state index contributed by atoms with van der Waals surface area (Å²) in [6.07, 6.45) is 6.88. The maximum atomic E-state index is 12.2. The number of carbonyl (C=O) groups excluding carboxylic acids is 1. The van der Waals surface area contributed by atoms with Crippen LogP contribution in [0.5, 0.6) is 0 Å². The molecule has 0 unspecified atom stereocenters. The number of nitrogens with one attached hydrogen (secondary N) is 1. The number of carbonyl (C=O) groups is 1. The molecule has 0 saturated heterocycles. The predicted molar refractivity (Wildman–Crippen MR) is 91.4 cm³/mol. The van der Waals surface area contributed by atoms with Crippen molar-refractivity contribution < 1.29 is 4.79 Å². The minimum atomic E-state index is -0.249. The SMILES string of the molecule is O=C(Cn1nc(-c2cccs2)ccc1=O)NC1CCCCCC1. The van der Waals surface area contributed by atoms with Crippen LogP contribution in [0.2, 0.25) is 0 Å². The second kappa shape index (κ2) is 7.55. The fourth-order valence-electron chi connectivity index (χ4n) is 2.95. The molecule has 0 aromatic carbocycles. The van der Waals surface area contributed by atoms with E-state index in [1.165, 1.54) is 23.6 Å². The maximum absolute atomic E-state index is 12.2. The molecule has 0 aliphatic heterocycles. The van der Waals surface area contributed by atoms with Gasteiger partial charge < -0.3 is 5.32 Å². The van der Waals surface area contributed by atoms with E-state index in [2.05, 4.69) is 10.4 Å². The van der Waals surface area contributed by atoms with Gasteiger partial charge in [0, 0.05) is 12.1 Å². The van der Waals surface area contributed by atoms with Gasteiger partial charge in [0.15, 0.2) is 0 Å². The summed E-state index contributed by atoms with van der Waals surface area (Å²) in [7, 11) is 0. The second-order valence-corrected chi connectivity index (χ2v) is 6.90. The third-order valence-corrected chi connectivity index (χ3v) is 5.05. The van der Waals surface area contributed by atoms with Gasteiger partial charge in [0.05, 0.1) is 4.88 Å². The normalized spacial score (nSPS) is 16.0. The number of nitrogens with zero attached hydrogens (tertiary/aromatic N) is 2. The van der Waals surface area contributed by atoms with Crippen LogP contribution in [0.25, 0.3) is 10.6 Å². The molecular weight excluding hydrogens is 310 g/mol. The zero-order chi connectivity index (χ0) is 16.1. The molecule has 0 atom stereocenters. The van der Waals surface area contributed by atoms with Crippen molar-refractivity contribution in [3.63, 3.8) is 0 Å². The van der Waals surface area contributed by atoms with Gasteiger partial charge in [0.1, 0.15) is 12.2 Å². The Morgan fingerprint density at radius 2 is 2.00 bits per heavy atom. The van der Waals surface area contributed by atoms with Crippen LogP contribution in [0.15, 0.2) is 34.4 Å². The Kier molecular flexibility index (Phi) is 5.23. The lowest BCUT2D eigenvalue weighted by Crippen LogP contribution is -2.39. The van der Waals surface area contributed by atoms with Crippen LogP contribution < -0.4 is 10.9 Å². The largest absolute Gasteiger partial charge is 0.352 e. The molecule has 3 rings (SSSR count). The van der Waals surface area contributed by atoms with Crippen LogP contribution in [0, 0.1) is 0 Å². The number of amides is 1. The Hall–Kier alpha value is -1.95. The van der Waals surface area contributed by atoms with E-state index in [0.29, 0.717) is 0 Å². The van der Waals surface area contributed by atoms with Crippen molar-refractivity contribution in [1.29, 1.82) is 0 Å². The number of thiophene rings is 1. The van der Waals surface area contributed by atoms with E-state index >= 15 is 0 Å². The highest BCUT2D eigenvalue weighted by molar-refractivity contribution is 7.13. The van der Waals surface area contributed by atoms with E-state index in [9.17, 15) is 9.59 Å². The van der Waals surface area contributed by atoms with E-state index in [1.807, 2.05) is 17.5 Å². The first-order chi connectivity index (χ1) is 11.2. The molecule has 23 heavy (non-hydrogen) atoms. The zero-order valence-corrected chi connectivity index (χ0v) is 13.8. The van der Waals surface area contributed by atoms with E-state index in [4.69, 9.17) is 0 Å². The van der Waals surface area contributed by atoms with Crippen LogP contribution >= 0.6 is 11.3 Å². The molecule has 6 heteroatoms. The maximum Gasteiger partial charge on any atom is 0.267 e. The average Bonchev–Trinajstić information content (AvgIpc) is 2.95. The predicted octanol–water partition coefficient (Wildman–Crippen LogP) is 2.81. The number of hydrogen-bond acceptors (Lipinski definition) is 4. The van der Waals surface area contributed by atoms with Crippen molar-refractivity contribution in [2.24, 2.45) is 0 Å². The Bertz CT molecular complexity index is 701. The molecule has 1 aliphatic carbocycles. The van der Waals surface area contributed by atoms with Gasteiger partial charge in [-0.15, -0.1) is 11.3 Å². The van der Waals surface area contributed by atoms with Gasteiger partial charge in [0.2, 0.25) is 5.91 Å². The van der Waals surface area contributed by atoms with E-state index in [1.54, 1.807) is 17.4 Å². The van der Waals surface area contributed by atoms with Gasteiger partial charge in [-0.05, 0) is 30.4 Å². The lowest BCUT2D eigenvalue weighted by Gasteiger charge is -2.16. The topological polar surface area (TPSA) is 64.0 Å². The van der Waals surface area contributed by atoms with Gasteiger partial charge in [-0.25, -0.2) is 4.68 Å². The molecule has 1 fully saturated rings. The molecule has 2 heterocycles. The molecule has 0 bridgehead atoms. The Morgan fingerprint density at radius 3 is 2.70 bits per heavy atom. The summed E-state index contributed by atoms with van der Waals surface area (Å²) in [5.74, 6) is -0.130. The molecule has 1 aliphatic rings. The van der Waals surface area contributed by atoms with Gasteiger partial charge in [-0.1, -0.05) is 31.7 Å². The van der Waals surface area contributed by atoms with Crippen molar-refractivity contribution in [1.82, 2.24) is 15.1 Å². The molecule has 0 radical (unpaired) electrons. The Morgan fingerprint density at radius 1 is 1.22 bits per heavy atom. The number of hydrogen-bond donors (Lipinski definition) is 1. The molecule has 5 nitrogen and oxygen atoms in total. The van der Waals surface area contributed by atoms with Gasteiger partial charge >= 0.3 is 0 Å². The van der Waals surface area contributed by atoms with Crippen LogP contribution in [0.4, 0.5) is 0 Å². The van der Waals surface area contributed by atoms with Crippen LogP contribution in [0.1, 0.15) is 38.5 Å². The number of rotatable bonds is 4. The second-order valence-electron chi connectivity index (χ2n) is 5.95. The van der Waals surface area contributed by atoms with Crippen molar-refractivity contribution in [2.45, 2.75) is 51.1 Å². The molecule has 1 saturated carbocycles. The quantitative estimate of drug-likeness (QED) is 0.876. The van der Waals surface area contributed by atoms with Crippen LogP contribution in [0.3, 0.4) is 0 Å². The van der Waals surface area contributed by atoms with Crippen molar-refractivity contribution in [3.05, 3.63) is 40.0 Å². The van der Waals surface area contributed by atoms with Crippen molar-refractivity contribution in [2.75, 3.05) is 0 Å². The Balaban J connectivity index is 1.68. The minimum absolute atomic E-state index is 0.0193. The van der Waals surface area contributed by atoms with Gasteiger partial charge in [-0.3, -0.25) is 9.59 Å². The monoisotopic (exact) mass is 331 g/mol. The standard InChI is InChI=1S/C17H21N3O2S/c21-16(18-13-6-3-1-2-4-7-13)12-20-17(22)10-9-14(19-20)15-8-5-11-23-15/h5,8-11,13H,1-4,6-7,12H2,(H,18,21). The summed E-state index contributed by atoms with van der Waals surface area (Å²) in [6.45, 7) is -0.0193. The average molecular weight is 331 g/mol.